The summed E-state index contributed by atoms with van der Waals surface area (Å²) in [6.45, 7) is 4.04. The standard InChI is InChI=1S/C59H98NO8P/c1-6-8-10-12-14-16-18-20-21-22-23-24-25-26-27-28-29-30-31-32-33-34-35-36-37-38-39-40-42-44-46-48-50-52-59(62)68-57(56-67-69(63,64)66-54-53-60(3,4)5)55-65-58(61)51-49-47-45-43-41-19-17-15-13-11-9-7-2/h8,10,14,16,20-21,23-24,26-27,29-30,32-33,35-36,38-39,42,44,57H,6-7,9,11-13,15,17-19,22,25,28,31,34,37,40-41,43,45-56H2,1-5H3/b10-8-,16-14-,21-20-,24-23-,27-26-,30-29-,33-32-,36-35-,39-38-,44-42-. The maximum Gasteiger partial charge on any atom is 0.306 e. The number of phosphoric acid groups is 1. The SMILES string of the molecule is CC/C=C\C/C=C\C/C=C\C/C=C\C/C=C\C/C=C\C/C=C\C/C=C\C/C=C\C/C=C\CCCCC(=O)OC(COC(=O)CCCCCCCCCCCCCC)COP(=O)([O-])OCC[N+](C)(C)C. The van der Waals surface area contributed by atoms with Crippen molar-refractivity contribution in [2.45, 2.75) is 193 Å². The van der Waals surface area contributed by atoms with Gasteiger partial charge in [-0.1, -0.05) is 206 Å². The van der Waals surface area contributed by atoms with Crippen LogP contribution < -0.4 is 4.89 Å². The van der Waals surface area contributed by atoms with Gasteiger partial charge in [0.15, 0.2) is 6.10 Å². The Hall–Kier alpha value is -3.59. The molecule has 0 spiro atoms. The fraction of sp³-hybridized carbons (Fsp3) is 0.627. The number of hydrogen-bond donors (Lipinski definition) is 0. The highest BCUT2D eigenvalue weighted by Crippen LogP contribution is 2.38. The number of quaternary nitrogens is 1. The van der Waals surface area contributed by atoms with Crippen molar-refractivity contribution in [1.82, 2.24) is 0 Å². The van der Waals surface area contributed by atoms with Gasteiger partial charge in [0, 0.05) is 12.8 Å². The molecule has 0 aliphatic carbocycles. The highest BCUT2D eigenvalue weighted by molar-refractivity contribution is 7.45. The third-order valence-corrected chi connectivity index (χ3v) is 11.7. The lowest BCUT2D eigenvalue weighted by atomic mass is 10.0. The first-order valence-corrected chi connectivity index (χ1v) is 28.2. The Morgan fingerprint density at radius 3 is 1.23 bits per heavy atom. The number of nitrogens with zero attached hydrogens (tertiary/aromatic N) is 1. The molecular weight excluding hydrogens is 882 g/mol. The largest absolute Gasteiger partial charge is 0.756 e. The molecular formula is C59H98NO8P. The van der Waals surface area contributed by atoms with Crippen LogP contribution in [0.3, 0.4) is 0 Å². The number of phosphoric ester groups is 1. The zero-order valence-corrected chi connectivity index (χ0v) is 45.1. The molecule has 0 saturated carbocycles. The second-order valence-electron chi connectivity index (χ2n) is 18.5. The molecule has 0 radical (unpaired) electrons. The number of unbranched alkanes of at least 4 members (excludes halogenated alkanes) is 13. The van der Waals surface area contributed by atoms with Crippen LogP contribution in [-0.4, -0.2) is 70.0 Å². The monoisotopic (exact) mass is 980 g/mol. The molecule has 0 aromatic heterocycles. The van der Waals surface area contributed by atoms with E-state index < -0.39 is 32.5 Å². The van der Waals surface area contributed by atoms with E-state index in [9.17, 15) is 19.0 Å². The van der Waals surface area contributed by atoms with Crippen molar-refractivity contribution in [1.29, 1.82) is 0 Å². The van der Waals surface area contributed by atoms with Crippen molar-refractivity contribution in [3.8, 4) is 0 Å². The third-order valence-electron chi connectivity index (χ3n) is 10.7. The molecule has 0 amide bonds. The Kier molecular flexibility index (Phi) is 46.8. The average molecular weight is 980 g/mol. The molecule has 2 atom stereocenters. The fourth-order valence-corrected chi connectivity index (χ4v) is 7.35. The van der Waals surface area contributed by atoms with Crippen LogP contribution in [0.5, 0.6) is 0 Å². The summed E-state index contributed by atoms with van der Waals surface area (Å²) < 4.78 is 33.9. The second-order valence-corrected chi connectivity index (χ2v) is 19.9. The summed E-state index contributed by atoms with van der Waals surface area (Å²) in [5.41, 5.74) is 0. The lowest BCUT2D eigenvalue weighted by Gasteiger charge is -2.28. The molecule has 0 fully saturated rings. The molecule has 10 heteroatoms. The van der Waals surface area contributed by atoms with Crippen LogP contribution in [0, 0.1) is 0 Å². The number of esters is 2. The van der Waals surface area contributed by atoms with Crippen molar-refractivity contribution in [3.05, 3.63) is 122 Å². The highest BCUT2D eigenvalue weighted by atomic mass is 31.2. The van der Waals surface area contributed by atoms with Crippen LogP contribution in [0.25, 0.3) is 0 Å². The van der Waals surface area contributed by atoms with E-state index in [4.69, 9.17) is 18.5 Å². The maximum atomic E-state index is 12.7. The molecule has 0 aliphatic rings. The zero-order chi connectivity index (χ0) is 50.6. The Morgan fingerprint density at radius 2 is 0.826 bits per heavy atom. The molecule has 0 aromatic rings. The molecule has 0 N–H and O–H groups in total. The van der Waals surface area contributed by atoms with E-state index in [0.717, 1.165) is 96.3 Å². The van der Waals surface area contributed by atoms with E-state index in [0.29, 0.717) is 17.4 Å². The number of allylic oxidation sites excluding steroid dienone is 20. The Morgan fingerprint density at radius 1 is 0.464 bits per heavy atom. The molecule has 0 rings (SSSR count). The molecule has 0 bridgehead atoms. The molecule has 9 nitrogen and oxygen atoms in total. The molecule has 0 aromatic carbocycles. The number of carbonyl (C=O) groups excluding carboxylic acids is 2. The Bertz CT molecular complexity index is 1580. The van der Waals surface area contributed by atoms with E-state index in [1.165, 1.54) is 57.8 Å². The Balaban J connectivity index is 4.29. The minimum absolute atomic E-state index is 0.0451. The smallest absolute Gasteiger partial charge is 0.306 e. The van der Waals surface area contributed by atoms with Crippen LogP contribution in [-0.2, 0) is 32.7 Å². The van der Waals surface area contributed by atoms with E-state index in [-0.39, 0.29) is 26.1 Å². The van der Waals surface area contributed by atoms with E-state index in [1.54, 1.807) is 0 Å². The van der Waals surface area contributed by atoms with Crippen molar-refractivity contribution in [2.75, 3.05) is 47.5 Å². The minimum Gasteiger partial charge on any atom is -0.756 e. The van der Waals surface area contributed by atoms with Gasteiger partial charge in [0.1, 0.15) is 19.8 Å². The summed E-state index contributed by atoms with van der Waals surface area (Å²) in [7, 11) is 1.12. The number of carbonyl (C=O) groups is 2. The van der Waals surface area contributed by atoms with Crippen LogP contribution in [0.2, 0.25) is 0 Å². The van der Waals surface area contributed by atoms with Gasteiger partial charge in [-0.25, -0.2) is 0 Å². The number of hydrogen-bond acceptors (Lipinski definition) is 8. The van der Waals surface area contributed by atoms with Crippen LogP contribution in [0.1, 0.15) is 187 Å². The first-order valence-electron chi connectivity index (χ1n) is 26.7. The van der Waals surface area contributed by atoms with Gasteiger partial charge in [-0.3, -0.25) is 14.2 Å². The lowest BCUT2D eigenvalue weighted by Crippen LogP contribution is -2.37. The second kappa shape index (κ2) is 49.4. The number of likely N-dealkylation sites (N-methyl/N-ethyl adjacent to an activating group) is 1. The van der Waals surface area contributed by atoms with Gasteiger partial charge in [-0.15, -0.1) is 0 Å². The van der Waals surface area contributed by atoms with E-state index >= 15 is 0 Å². The van der Waals surface area contributed by atoms with Crippen molar-refractivity contribution >= 4 is 19.8 Å². The predicted molar refractivity (Wildman–Crippen MR) is 291 cm³/mol. The van der Waals surface area contributed by atoms with E-state index in [2.05, 4.69) is 135 Å². The topological polar surface area (TPSA) is 111 Å². The average Bonchev–Trinajstić information content (AvgIpc) is 3.31. The molecule has 2 unspecified atom stereocenters. The molecule has 0 aliphatic heterocycles. The highest BCUT2D eigenvalue weighted by Gasteiger charge is 2.21. The zero-order valence-electron chi connectivity index (χ0n) is 44.2. The first kappa shape index (κ1) is 65.4. The van der Waals surface area contributed by atoms with Gasteiger partial charge < -0.3 is 27.9 Å². The van der Waals surface area contributed by atoms with Crippen molar-refractivity contribution in [3.63, 3.8) is 0 Å². The summed E-state index contributed by atoms with van der Waals surface area (Å²) in [4.78, 5) is 37.7. The lowest BCUT2D eigenvalue weighted by molar-refractivity contribution is -0.870. The van der Waals surface area contributed by atoms with Gasteiger partial charge in [-0.05, 0) is 89.9 Å². The quantitative estimate of drug-likeness (QED) is 0.0195. The summed E-state index contributed by atoms with van der Waals surface area (Å²) in [5.74, 6) is -0.894. The normalized spacial score (nSPS) is 14.3. The Labute approximate surface area is 422 Å². The van der Waals surface area contributed by atoms with E-state index in [1.807, 2.05) is 21.1 Å². The van der Waals surface area contributed by atoms with Crippen LogP contribution >= 0.6 is 7.82 Å². The summed E-state index contributed by atoms with van der Waals surface area (Å²) in [6, 6.07) is 0. The molecule has 0 heterocycles. The summed E-state index contributed by atoms with van der Waals surface area (Å²) in [6.07, 6.45) is 69.6. The maximum absolute atomic E-state index is 12.7. The fourth-order valence-electron chi connectivity index (χ4n) is 6.62. The summed E-state index contributed by atoms with van der Waals surface area (Å²) >= 11 is 0. The minimum atomic E-state index is -4.65. The first-order chi connectivity index (χ1) is 33.5. The van der Waals surface area contributed by atoms with Crippen molar-refractivity contribution < 1.29 is 42.1 Å². The van der Waals surface area contributed by atoms with Gasteiger partial charge in [0.2, 0.25) is 0 Å². The molecule has 0 saturated heterocycles. The summed E-state index contributed by atoms with van der Waals surface area (Å²) in [5, 5.41) is 0. The van der Waals surface area contributed by atoms with Gasteiger partial charge in [0.25, 0.3) is 7.82 Å². The van der Waals surface area contributed by atoms with Gasteiger partial charge >= 0.3 is 11.9 Å². The number of rotatable bonds is 47. The number of ether oxygens (including phenoxy) is 2. The van der Waals surface area contributed by atoms with Crippen LogP contribution in [0.4, 0.5) is 0 Å². The molecule has 69 heavy (non-hydrogen) atoms. The van der Waals surface area contributed by atoms with Crippen molar-refractivity contribution in [2.24, 2.45) is 0 Å². The van der Waals surface area contributed by atoms with Crippen LogP contribution in [0.15, 0.2) is 122 Å². The predicted octanol–water partition coefficient (Wildman–Crippen LogP) is 15.8. The third kappa shape index (κ3) is 53.6. The molecule has 392 valence electrons. The van der Waals surface area contributed by atoms with Gasteiger partial charge in [0.05, 0.1) is 27.7 Å². The van der Waals surface area contributed by atoms with Gasteiger partial charge in [-0.2, -0.15) is 0 Å².